The summed E-state index contributed by atoms with van der Waals surface area (Å²) < 4.78 is 7.41. The quantitative estimate of drug-likeness (QED) is 0.566. The first-order chi connectivity index (χ1) is 16.0. The SMILES string of the molecule is [C-]#[N+]CC(=O)N1CCCC(n2nc(-c3ccc(Oc4ccccc4)cc3)c(C(N)=O)c2N)C1. The number of para-hydroxylation sites is 1. The van der Waals surface area contributed by atoms with Crippen molar-refractivity contribution in [3.63, 3.8) is 0 Å². The van der Waals surface area contributed by atoms with Crippen molar-refractivity contribution in [3.8, 4) is 22.8 Å². The number of hydrogen-bond donors (Lipinski definition) is 2. The second-order valence-electron chi connectivity index (χ2n) is 7.81. The van der Waals surface area contributed by atoms with Crippen LogP contribution in [0.2, 0.25) is 0 Å². The first-order valence-electron chi connectivity index (χ1n) is 10.6. The molecule has 4 rings (SSSR count). The normalized spacial score (nSPS) is 15.6. The molecule has 2 aromatic carbocycles. The summed E-state index contributed by atoms with van der Waals surface area (Å²) in [4.78, 5) is 29.3. The standard InChI is InChI=1S/C24H24N6O3/c1-27-14-20(31)29-13-5-6-17(15-29)30-23(25)21(24(26)32)22(28-30)16-9-11-19(12-10-16)33-18-7-3-2-4-8-18/h2-4,7-12,17H,5-6,13-15,25H2,(H2,26,32). The first-order valence-corrected chi connectivity index (χ1v) is 10.6. The van der Waals surface area contributed by atoms with Crippen molar-refractivity contribution in [1.29, 1.82) is 0 Å². The summed E-state index contributed by atoms with van der Waals surface area (Å²) in [5.74, 6) is 0.636. The number of likely N-dealkylation sites (tertiary alicyclic amines) is 1. The average Bonchev–Trinajstić information content (AvgIpc) is 3.18. The molecular weight excluding hydrogens is 420 g/mol. The summed E-state index contributed by atoms with van der Waals surface area (Å²) in [7, 11) is 0. The molecule has 0 aliphatic carbocycles. The van der Waals surface area contributed by atoms with Crippen LogP contribution in [0.3, 0.4) is 0 Å². The molecule has 2 amide bonds. The molecular formula is C24H24N6O3. The van der Waals surface area contributed by atoms with Gasteiger partial charge in [0.2, 0.25) is 0 Å². The lowest BCUT2D eigenvalue weighted by Crippen LogP contribution is -2.42. The van der Waals surface area contributed by atoms with E-state index < -0.39 is 5.91 Å². The number of rotatable bonds is 6. The molecule has 1 aromatic heterocycles. The lowest BCUT2D eigenvalue weighted by atomic mass is 10.1. The van der Waals surface area contributed by atoms with Crippen LogP contribution in [0, 0.1) is 6.57 Å². The Bertz CT molecular complexity index is 1200. The van der Waals surface area contributed by atoms with Crippen LogP contribution in [-0.2, 0) is 4.79 Å². The van der Waals surface area contributed by atoms with Gasteiger partial charge in [0.25, 0.3) is 12.5 Å². The molecule has 1 unspecified atom stereocenters. The number of nitrogens with zero attached hydrogens (tertiary/aromatic N) is 4. The Morgan fingerprint density at radius 2 is 1.82 bits per heavy atom. The molecule has 2 heterocycles. The van der Waals surface area contributed by atoms with Crippen LogP contribution in [0.25, 0.3) is 16.1 Å². The summed E-state index contributed by atoms with van der Waals surface area (Å²) in [5, 5.41) is 4.63. The summed E-state index contributed by atoms with van der Waals surface area (Å²) in [6.07, 6.45) is 1.50. The number of carbonyl (C=O) groups is 2. The van der Waals surface area contributed by atoms with Gasteiger partial charge in [-0.15, -0.1) is 0 Å². The van der Waals surface area contributed by atoms with Gasteiger partial charge in [-0.25, -0.2) is 11.3 Å². The molecule has 168 valence electrons. The van der Waals surface area contributed by atoms with E-state index in [9.17, 15) is 9.59 Å². The molecule has 1 fully saturated rings. The molecule has 1 atom stereocenters. The smallest absolute Gasteiger partial charge is 0.302 e. The van der Waals surface area contributed by atoms with Crippen LogP contribution in [-0.4, -0.2) is 46.1 Å². The Labute approximate surface area is 191 Å². The van der Waals surface area contributed by atoms with Crippen molar-refractivity contribution >= 4 is 17.6 Å². The monoisotopic (exact) mass is 444 g/mol. The molecule has 1 saturated heterocycles. The third kappa shape index (κ3) is 4.65. The van der Waals surface area contributed by atoms with E-state index in [1.54, 1.807) is 33.8 Å². The molecule has 0 radical (unpaired) electrons. The first kappa shape index (κ1) is 21.9. The average molecular weight is 444 g/mol. The third-order valence-electron chi connectivity index (χ3n) is 5.61. The van der Waals surface area contributed by atoms with Gasteiger partial charge < -0.3 is 25.9 Å². The zero-order chi connectivity index (χ0) is 23.4. The highest BCUT2D eigenvalue weighted by atomic mass is 16.5. The summed E-state index contributed by atoms with van der Waals surface area (Å²) >= 11 is 0. The van der Waals surface area contributed by atoms with Crippen LogP contribution in [0.1, 0.15) is 29.2 Å². The number of nitrogen functional groups attached to an aromatic ring is 1. The largest absolute Gasteiger partial charge is 0.457 e. The van der Waals surface area contributed by atoms with Crippen molar-refractivity contribution in [2.45, 2.75) is 18.9 Å². The molecule has 9 heteroatoms. The molecule has 0 bridgehead atoms. The molecule has 33 heavy (non-hydrogen) atoms. The maximum atomic E-state index is 12.2. The Morgan fingerprint density at radius 3 is 2.48 bits per heavy atom. The van der Waals surface area contributed by atoms with Crippen LogP contribution < -0.4 is 16.2 Å². The number of aromatic nitrogens is 2. The Hall–Kier alpha value is -4.32. The van der Waals surface area contributed by atoms with E-state index in [-0.39, 0.29) is 29.9 Å². The fourth-order valence-electron chi connectivity index (χ4n) is 4.02. The second-order valence-corrected chi connectivity index (χ2v) is 7.81. The fourth-order valence-corrected chi connectivity index (χ4v) is 4.02. The molecule has 1 aliphatic rings. The highest BCUT2D eigenvalue weighted by Crippen LogP contribution is 2.33. The van der Waals surface area contributed by atoms with Crippen LogP contribution >= 0.6 is 0 Å². The van der Waals surface area contributed by atoms with Gasteiger partial charge in [-0.1, -0.05) is 18.2 Å². The van der Waals surface area contributed by atoms with E-state index in [2.05, 4.69) is 9.94 Å². The number of ether oxygens (including phenoxy) is 1. The van der Waals surface area contributed by atoms with Gasteiger partial charge in [-0.05, 0) is 49.2 Å². The minimum absolute atomic E-state index is 0.149. The van der Waals surface area contributed by atoms with Crippen LogP contribution in [0.4, 0.5) is 5.82 Å². The van der Waals surface area contributed by atoms with E-state index in [1.807, 2.05) is 30.3 Å². The Kier molecular flexibility index (Phi) is 6.26. The van der Waals surface area contributed by atoms with Crippen molar-refractivity contribution in [2.75, 3.05) is 25.4 Å². The van der Waals surface area contributed by atoms with Gasteiger partial charge in [-0.3, -0.25) is 9.59 Å². The van der Waals surface area contributed by atoms with Crippen LogP contribution in [0.5, 0.6) is 11.5 Å². The number of nitrogens with two attached hydrogens (primary N) is 2. The highest BCUT2D eigenvalue weighted by molar-refractivity contribution is 6.03. The minimum Gasteiger partial charge on any atom is -0.457 e. The number of amides is 2. The third-order valence-corrected chi connectivity index (χ3v) is 5.61. The molecule has 0 saturated carbocycles. The topological polar surface area (TPSA) is 121 Å². The molecule has 3 aromatic rings. The van der Waals surface area contributed by atoms with E-state index in [0.717, 1.165) is 12.8 Å². The zero-order valence-electron chi connectivity index (χ0n) is 18.0. The Balaban J connectivity index is 1.62. The number of benzene rings is 2. The number of piperidine rings is 1. The summed E-state index contributed by atoms with van der Waals surface area (Å²) in [6.45, 7) is 7.71. The van der Waals surface area contributed by atoms with Gasteiger partial charge in [0.05, 0.1) is 6.04 Å². The van der Waals surface area contributed by atoms with Crippen molar-refractivity contribution < 1.29 is 14.3 Å². The predicted octanol–water partition coefficient (Wildman–Crippen LogP) is 3.11. The zero-order valence-corrected chi connectivity index (χ0v) is 18.0. The lowest BCUT2D eigenvalue weighted by Gasteiger charge is -2.32. The fraction of sp³-hybridized carbons (Fsp3) is 0.250. The van der Waals surface area contributed by atoms with Crippen molar-refractivity contribution in [2.24, 2.45) is 5.73 Å². The summed E-state index contributed by atoms with van der Waals surface area (Å²) in [6, 6.07) is 16.4. The maximum absolute atomic E-state index is 12.2. The lowest BCUT2D eigenvalue weighted by molar-refractivity contribution is -0.130. The molecule has 4 N–H and O–H groups in total. The molecule has 0 spiro atoms. The van der Waals surface area contributed by atoms with Gasteiger partial charge in [0, 0.05) is 18.7 Å². The van der Waals surface area contributed by atoms with E-state index >= 15 is 0 Å². The van der Waals surface area contributed by atoms with Gasteiger partial charge >= 0.3 is 5.91 Å². The van der Waals surface area contributed by atoms with E-state index in [0.29, 0.717) is 35.8 Å². The highest BCUT2D eigenvalue weighted by Gasteiger charge is 2.30. The predicted molar refractivity (Wildman–Crippen MR) is 123 cm³/mol. The van der Waals surface area contributed by atoms with Gasteiger partial charge in [0.1, 0.15) is 28.6 Å². The summed E-state index contributed by atoms with van der Waals surface area (Å²) in [5.41, 5.74) is 13.2. The van der Waals surface area contributed by atoms with Crippen molar-refractivity contribution in [1.82, 2.24) is 14.7 Å². The maximum Gasteiger partial charge on any atom is 0.302 e. The van der Waals surface area contributed by atoms with E-state index in [1.165, 1.54) is 0 Å². The van der Waals surface area contributed by atoms with Crippen LogP contribution in [0.15, 0.2) is 54.6 Å². The van der Waals surface area contributed by atoms with Gasteiger partial charge in [0.15, 0.2) is 0 Å². The van der Waals surface area contributed by atoms with Crippen molar-refractivity contribution in [3.05, 3.63) is 71.6 Å². The number of primary amides is 1. The Morgan fingerprint density at radius 1 is 1.12 bits per heavy atom. The number of carbonyl (C=O) groups excluding carboxylic acids is 2. The molecule has 9 nitrogen and oxygen atoms in total. The van der Waals surface area contributed by atoms with Gasteiger partial charge in [-0.2, -0.15) is 5.10 Å². The van der Waals surface area contributed by atoms with E-state index in [4.69, 9.17) is 22.8 Å². The number of hydrogen-bond acceptors (Lipinski definition) is 5. The second kappa shape index (κ2) is 9.44. The molecule has 1 aliphatic heterocycles. The minimum atomic E-state index is -0.671. The number of anilines is 1.